The van der Waals surface area contributed by atoms with Gasteiger partial charge in [-0.3, -0.25) is 0 Å². The highest BCUT2D eigenvalue weighted by Gasteiger charge is 1.98. The van der Waals surface area contributed by atoms with Crippen molar-refractivity contribution >= 4 is 17.4 Å². The van der Waals surface area contributed by atoms with Gasteiger partial charge >= 0.3 is 0 Å². The molecule has 0 saturated heterocycles. The Labute approximate surface area is 94.9 Å². The van der Waals surface area contributed by atoms with E-state index in [1.807, 2.05) is 6.07 Å². The first kappa shape index (κ1) is 10.2. The van der Waals surface area contributed by atoms with E-state index in [1.54, 1.807) is 11.3 Å². The number of hydrogen-bond acceptors (Lipinski definition) is 1. The fourth-order valence-electron chi connectivity index (χ4n) is 1.46. The van der Waals surface area contributed by atoms with Gasteiger partial charge in [0, 0.05) is 4.88 Å². The van der Waals surface area contributed by atoms with E-state index in [0.29, 0.717) is 0 Å². The first-order chi connectivity index (χ1) is 7.40. The van der Waals surface area contributed by atoms with Crippen LogP contribution in [0.2, 0.25) is 0 Å². The molecule has 0 radical (unpaired) electrons. The van der Waals surface area contributed by atoms with E-state index < -0.39 is 0 Å². The first-order valence-electron chi connectivity index (χ1n) is 5.20. The van der Waals surface area contributed by atoms with Crippen LogP contribution in [0.15, 0.2) is 47.9 Å². The van der Waals surface area contributed by atoms with E-state index in [1.165, 1.54) is 16.0 Å². The van der Waals surface area contributed by atoms with Crippen LogP contribution in [0, 0.1) is 0 Å². The molecular formula is C14H14S. The lowest BCUT2D eigenvalue weighted by Crippen LogP contribution is -1.70. The molecule has 0 aliphatic rings. The Hall–Kier alpha value is -1.34. The van der Waals surface area contributed by atoms with Gasteiger partial charge in [0.15, 0.2) is 0 Å². The fraction of sp³-hybridized carbons (Fsp3) is 0.143. The van der Waals surface area contributed by atoms with Gasteiger partial charge in [-0.25, -0.2) is 0 Å². The molecule has 0 aliphatic carbocycles. The van der Waals surface area contributed by atoms with Gasteiger partial charge in [-0.15, -0.1) is 11.3 Å². The molecule has 0 atom stereocenters. The smallest absolute Gasteiger partial charge is 0.0273 e. The van der Waals surface area contributed by atoms with E-state index in [2.05, 4.69) is 54.8 Å². The molecule has 2 rings (SSSR count). The summed E-state index contributed by atoms with van der Waals surface area (Å²) in [6.07, 6.45) is 5.48. The fourth-order valence-corrected chi connectivity index (χ4v) is 2.29. The van der Waals surface area contributed by atoms with Crippen LogP contribution < -0.4 is 0 Å². The van der Waals surface area contributed by atoms with Gasteiger partial charge in [0.1, 0.15) is 0 Å². The summed E-state index contributed by atoms with van der Waals surface area (Å²) in [7, 11) is 0. The van der Waals surface area contributed by atoms with Crippen LogP contribution in [0.5, 0.6) is 0 Å². The number of hydrogen-bond donors (Lipinski definition) is 0. The maximum Gasteiger partial charge on any atom is 0.0273 e. The highest BCUT2D eigenvalue weighted by molar-refractivity contribution is 7.11. The molecule has 15 heavy (non-hydrogen) atoms. The van der Waals surface area contributed by atoms with Crippen molar-refractivity contribution in [3.63, 3.8) is 0 Å². The second-order valence-corrected chi connectivity index (χ2v) is 4.36. The van der Waals surface area contributed by atoms with Crippen molar-refractivity contribution in [2.75, 3.05) is 0 Å². The normalized spacial score (nSPS) is 11.0. The molecule has 1 aromatic carbocycles. The molecule has 0 spiro atoms. The molecule has 1 heterocycles. The summed E-state index contributed by atoms with van der Waals surface area (Å²) in [5.41, 5.74) is 2.61. The van der Waals surface area contributed by atoms with Crippen LogP contribution in [0.4, 0.5) is 0 Å². The van der Waals surface area contributed by atoms with Gasteiger partial charge < -0.3 is 0 Å². The second kappa shape index (κ2) is 4.94. The van der Waals surface area contributed by atoms with E-state index in [4.69, 9.17) is 0 Å². The summed E-state index contributed by atoms with van der Waals surface area (Å²) in [6.45, 7) is 2.15. The first-order valence-corrected chi connectivity index (χ1v) is 6.08. The molecule has 0 unspecified atom stereocenters. The van der Waals surface area contributed by atoms with E-state index in [9.17, 15) is 0 Å². The number of thiophene rings is 1. The van der Waals surface area contributed by atoms with Gasteiger partial charge in [-0.2, -0.15) is 0 Å². The molecule has 0 fully saturated rings. The average molecular weight is 214 g/mol. The van der Waals surface area contributed by atoms with Crippen molar-refractivity contribution in [3.05, 3.63) is 52.7 Å². The summed E-state index contributed by atoms with van der Waals surface area (Å²) in [5.74, 6) is 0. The van der Waals surface area contributed by atoms with E-state index in [0.717, 1.165) is 6.42 Å². The zero-order valence-electron chi connectivity index (χ0n) is 8.81. The molecule has 0 saturated carbocycles. The van der Waals surface area contributed by atoms with Crippen molar-refractivity contribution in [2.24, 2.45) is 0 Å². The van der Waals surface area contributed by atoms with E-state index in [-0.39, 0.29) is 0 Å². The number of rotatable bonds is 3. The molecule has 1 heteroatoms. The average Bonchev–Trinajstić information content (AvgIpc) is 2.76. The zero-order valence-corrected chi connectivity index (χ0v) is 9.63. The van der Waals surface area contributed by atoms with Crippen LogP contribution in [0.25, 0.3) is 17.2 Å². The third-order valence-electron chi connectivity index (χ3n) is 2.24. The number of benzene rings is 1. The van der Waals surface area contributed by atoms with Gasteiger partial charge in [-0.05, 0) is 35.1 Å². The molecular weight excluding hydrogens is 200 g/mol. The minimum atomic E-state index is 1.10. The van der Waals surface area contributed by atoms with Crippen LogP contribution in [-0.2, 0) is 0 Å². The Morgan fingerprint density at radius 3 is 2.67 bits per heavy atom. The minimum Gasteiger partial charge on any atom is -0.144 e. The van der Waals surface area contributed by atoms with Crippen LogP contribution in [0.1, 0.15) is 18.2 Å². The molecule has 0 N–H and O–H groups in total. The third kappa shape index (κ3) is 2.57. The van der Waals surface area contributed by atoms with Crippen LogP contribution in [0.3, 0.4) is 0 Å². The predicted molar refractivity (Wildman–Crippen MR) is 69.1 cm³/mol. The van der Waals surface area contributed by atoms with Gasteiger partial charge in [-0.1, -0.05) is 43.3 Å². The van der Waals surface area contributed by atoms with E-state index >= 15 is 0 Å². The molecule has 0 nitrogen and oxygen atoms in total. The van der Waals surface area contributed by atoms with Crippen LogP contribution in [-0.4, -0.2) is 0 Å². The van der Waals surface area contributed by atoms with Crippen molar-refractivity contribution in [1.82, 2.24) is 0 Å². The molecule has 2 aromatic rings. The third-order valence-corrected chi connectivity index (χ3v) is 3.14. The van der Waals surface area contributed by atoms with Crippen LogP contribution >= 0.6 is 11.3 Å². The van der Waals surface area contributed by atoms with Crippen molar-refractivity contribution < 1.29 is 0 Å². The zero-order chi connectivity index (χ0) is 10.5. The summed E-state index contributed by atoms with van der Waals surface area (Å²) in [6, 6.07) is 12.7. The lowest BCUT2D eigenvalue weighted by Gasteiger charge is -1.94. The Bertz CT molecular complexity index is 437. The predicted octanol–water partition coefficient (Wildman–Crippen LogP) is 4.84. The van der Waals surface area contributed by atoms with Gasteiger partial charge in [0.2, 0.25) is 0 Å². The largest absolute Gasteiger partial charge is 0.144 e. The molecule has 1 aromatic heterocycles. The summed E-state index contributed by atoms with van der Waals surface area (Å²) >= 11 is 1.80. The minimum absolute atomic E-state index is 1.10. The molecule has 0 bridgehead atoms. The maximum atomic E-state index is 2.24. The quantitative estimate of drug-likeness (QED) is 0.686. The Morgan fingerprint density at radius 2 is 1.93 bits per heavy atom. The lowest BCUT2D eigenvalue weighted by atomic mass is 10.1. The summed E-state index contributed by atoms with van der Waals surface area (Å²) in [5, 5.41) is 2.21. The number of allylic oxidation sites excluding steroid dienone is 1. The topological polar surface area (TPSA) is 0 Å². The second-order valence-electron chi connectivity index (χ2n) is 3.41. The van der Waals surface area contributed by atoms with Crippen molar-refractivity contribution in [1.29, 1.82) is 0 Å². The highest BCUT2D eigenvalue weighted by atomic mass is 32.1. The van der Waals surface area contributed by atoms with Crippen molar-refractivity contribution in [3.8, 4) is 11.1 Å². The Kier molecular flexibility index (Phi) is 3.36. The molecule has 0 amide bonds. The standard InChI is InChI=1S/C14H14S/c1-2-3-9-14-10-13(11-15-14)12-7-5-4-6-8-12/h3-11H,2H2,1H3. The highest BCUT2D eigenvalue weighted by Crippen LogP contribution is 2.26. The molecule has 0 aliphatic heterocycles. The van der Waals surface area contributed by atoms with Gasteiger partial charge in [0.05, 0.1) is 0 Å². The maximum absolute atomic E-state index is 2.24. The summed E-state index contributed by atoms with van der Waals surface area (Å²) < 4.78 is 0. The Morgan fingerprint density at radius 1 is 1.13 bits per heavy atom. The molecule has 76 valence electrons. The SMILES string of the molecule is CCC=Cc1cc(-c2ccccc2)cs1. The summed E-state index contributed by atoms with van der Waals surface area (Å²) in [4.78, 5) is 1.33. The monoisotopic (exact) mass is 214 g/mol. The van der Waals surface area contributed by atoms with Gasteiger partial charge in [0.25, 0.3) is 0 Å². The lowest BCUT2D eigenvalue weighted by molar-refractivity contribution is 1.23. The Balaban J connectivity index is 2.24. The van der Waals surface area contributed by atoms with Crippen molar-refractivity contribution in [2.45, 2.75) is 13.3 Å².